The number of phenols is 1. The minimum absolute atomic E-state index is 0.0760. The van der Waals surface area contributed by atoms with Crippen LogP contribution in [0.3, 0.4) is 0 Å². The number of carbonyl (C=O) groups excluding carboxylic acids is 1. The third-order valence-corrected chi connectivity index (χ3v) is 3.86. The van der Waals surface area contributed by atoms with Gasteiger partial charge in [0.2, 0.25) is 0 Å². The van der Waals surface area contributed by atoms with Gasteiger partial charge in [-0.05, 0) is 29.7 Å². The summed E-state index contributed by atoms with van der Waals surface area (Å²) in [6.45, 7) is 0. The topological polar surface area (TPSA) is 57.5 Å². The van der Waals surface area contributed by atoms with Crippen LogP contribution in [0.15, 0.2) is 60.7 Å². The van der Waals surface area contributed by atoms with Gasteiger partial charge < -0.3 is 10.2 Å². The Labute approximate surface area is 132 Å². The first-order valence-corrected chi connectivity index (χ1v) is 7.14. The van der Waals surface area contributed by atoms with Gasteiger partial charge in [-0.25, -0.2) is 0 Å². The summed E-state index contributed by atoms with van der Waals surface area (Å²) in [6.07, 6.45) is -1.43. The molecule has 110 valence electrons. The molecule has 0 amide bonds. The summed E-state index contributed by atoms with van der Waals surface area (Å²) in [5, 5.41) is 22.6. The number of halogens is 1. The number of hydrogen-bond acceptors (Lipinski definition) is 3. The molecule has 0 radical (unpaired) electrons. The van der Waals surface area contributed by atoms with Crippen molar-refractivity contribution in [2.45, 2.75) is 6.10 Å². The summed E-state index contributed by atoms with van der Waals surface area (Å²) in [4.78, 5) is 12.3. The van der Waals surface area contributed by atoms with Crippen molar-refractivity contribution in [3.05, 3.63) is 76.8 Å². The number of Topliss-reactive ketones (excluding diaryl/α,β-unsaturated/α-hetero) is 1. The first kappa shape index (κ1) is 14.6. The van der Waals surface area contributed by atoms with E-state index in [9.17, 15) is 15.0 Å². The molecule has 0 saturated carbocycles. The van der Waals surface area contributed by atoms with Gasteiger partial charge in [0.05, 0.1) is 0 Å². The predicted octanol–water partition coefficient (Wildman–Crippen LogP) is 4.12. The van der Waals surface area contributed by atoms with E-state index < -0.39 is 11.9 Å². The number of aliphatic hydroxyl groups is 1. The van der Waals surface area contributed by atoms with Gasteiger partial charge in [0.15, 0.2) is 5.78 Å². The highest BCUT2D eigenvalue weighted by Crippen LogP contribution is 2.33. The fourth-order valence-electron chi connectivity index (χ4n) is 2.41. The number of carbonyl (C=O) groups is 1. The van der Waals surface area contributed by atoms with E-state index in [2.05, 4.69) is 0 Å². The van der Waals surface area contributed by atoms with Crippen molar-refractivity contribution in [2.24, 2.45) is 0 Å². The number of rotatable bonds is 3. The van der Waals surface area contributed by atoms with Crippen molar-refractivity contribution >= 4 is 28.2 Å². The van der Waals surface area contributed by atoms with Crippen LogP contribution >= 0.6 is 11.6 Å². The lowest BCUT2D eigenvalue weighted by Gasteiger charge is -2.13. The number of benzene rings is 3. The third-order valence-electron chi connectivity index (χ3n) is 3.60. The molecule has 3 nitrogen and oxygen atoms in total. The first-order valence-electron chi connectivity index (χ1n) is 6.76. The lowest BCUT2D eigenvalue weighted by atomic mass is 9.96. The molecular weight excluding hydrogens is 300 g/mol. The zero-order valence-electron chi connectivity index (χ0n) is 11.5. The molecule has 0 aliphatic rings. The smallest absolute Gasteiger partial charge is 0.195 e. The Morgan fingerprint density at radius 2 is 1.64 bits per heavy atom. The van der Waals surface area contributed by atoms with Gasteiger partial charge >= 0.3 is 0 Å². The van der Waals surface area contributed by atoms with Crippen LogP contribution in [-0.2, 0) is 0 Å². The Kier molecular flexibility index (Phi) is 3.84. The fraction of sp³-hybridized carbons (Fsp3) is 0.0556. The zero-order chi connectivity index (χ0) is 15.7. The average Bonchev–Trinajstić information content (AvgIpc) is 2.55. The van der Waals surface area contributed by atoms with Crippen molar-refractivity contribution in [2.75, 3.05) is 0 Å². The van der Waals surface area contributed by atoms with Crippen molar-refractivity contribution in [3.63, 3.8) is 0 Å². The summed E-state index contributed by atoms with van der Waals surface area (Å²) < 4.78 is 0. The number of hydrogen-bond donors (Lipinski definition) is 2. The molecule has 3 rings (SSSR count). The van der Waals surface area contributed by atoms with E-state index in [4.69, 9.17) is 11.6 Å². The Morgan fingerprint density at radius 3 is 2.36 bits per heavy atom. The largest absolute Gasteiger partial charge is 0.507 e. The van der Waals surface area contributed by atoms with Crippen LogP contribution in [0.2, 0.25) is 5.02 Å². The summed E-state index contributed by atoms with van der Waals surface area (Å²) in [5.74, 6) is -0.560. The molecule has 0 unspecified atom stereocenters. The highest BCUT2D eigenvalue weighted by molar-refractivity contribution is 6.30. The van der Waals surface area contributed by atoms with E-state index in [-0.39, 0.29) is 11.3 Å². The predicted molar refractivity (Wildman–Crippen MR) is 86.4 cm³/mol. The van der Waals surface area contributed by atoms with Crippen LogP contribution in [0.25, 0.3) is 10.8 Å². The molecule has 0 spiro atoms. The molecule has 0 saturated heterocycles. The van der Waals surface area contributed by atoms with Crippen molar-refractivity contribution in [1.82, 2.24) is 0 Å². The Balaban J connectivity index is 2.01. The van der Waals surface area contributed by atoms with Gasteiger partial charge in [0.25, 0.3) is 0 Å². The minimum Gasteiger partial charge on any atom is -0.507 e. The summed E-state index contributed by atoms with van der Waals surface area (Å²) >= 11 is 5.79. The van der Waals surface area contributed by atoms with E-state index in [1.54, 1.807) is 48.5 Å². The van der Waals surface area contributed by atoms with Gasteiger partial charge in [-0.2, -0.15) is 0 Å². The molecule has 0 aliphatic heterocycles. The number of aromatic hydroxyl groups is 1. The molecule has 0 aliphatic carbocycles. The molecule has 0 bridgehead atoms. The van der Waals surface area contributed by atoms with Gasteiger partial charge in [0, 0.05) is 21.5 Å². The van der Waals surface area contributed by atoms with Crippen molar-refractivity contribution in [1.29, 1.82) is 0 Å². The number of ketones is 1. The van der Waals surface area contributed by atoms with E-state index in [0.717, 1.165) is 5.39 Å². The Bertz CT molecular complexity index is 841. The van der Waals surface area contributed by atoms with Crippen molar-refractivity contribution < 1.29 is 15.0 Å². The van der Waals surface area contributed by atoms with Crippen LogP contribution in [0.4, 0.5) is 0 Å². The second kappa shape index (κ2) is 5.79. The molecular formula is C18H13ClO3. The molecule has 1 atom stereocenters. The van der Waals surface area contributed by atoms with Gasteiger partial charge in [-0.15, -0.1) is 0 Å². The molecule has 2 N–H and O–H groups in total. The summed E-state index contributed by atoms with van der Waals surface area (Å²) in [5.41, 5.74) is 0.531. The zero-order valence-corrected chi connectivity index (χ0v) is 12.3. The third kappa shape index (κ3) is 2.56. The minimum atomic E-state index is -1.43. The maximum atomic E-state index is 12.3. The summed E-state index contributed by atoms with van der Waals surface area (Å²) in [7, 11) is 0. The first-order chi connectivity index (χ1) is 10.6. The number of phenolic OH excluding ortho intramolecular Hbond substituents is 1. The quantitative estimate of drug-likeness (QED) is 0.715. The average molecular weight is 313 g/mol. The van der Waals surface area contributed by atoms with E-state index in [1.165, 1.54) is 0 Å². The standard InChI is InChI=1S/C18H13ClO3/c19-13-8-5-12(6-9-13)16(20)18(22)15-10-7-11-3-1-2-4-14(11)17(15)21/h1-10,18,21-22H/t18-/m1/s1. The normalized spacial score (nSPS) is 12.3. The van der Waals surface area contributed by atoms with Gasteiger partial charge in [-0.1, -0.05) is 48.0 Å². The Hall–Kier alpha value is -2.36. The highest BCUT2D eigenvalue weighted by atomic mass is 35.5. The monoisotopic (exact) mass is 312 g/mol. The van der Waals surface area contributed by atoms with Crippen LogP contribution in [-0.4, -0.2) is 16.0 Å². The molecule has 22 heavy (non-hydrogen) atoms. The maximum absolute atomic E-state index is 12.3. The second-order valence-corrected chi connectivity index (χ2v) is 5.43. The maximum Gasteiger partial charge on any atom is 0.195 e. The molecule has 0 aromatic heterocycles. The summed E-state index contributed by atoms with van der Waals surface area (Å²) in [6, 6.07) is 16.8. The highest BCUT2D eigenvalue weighted by Gasteiger charge is 2.23. The molecule has 3 aromatic carbocycles. The number of aliphatic hydroxyl groups excluding tert-OH is 1. The van der Waals surface area contributed by atoms with E-state index in [1.807, 2.05) is 12.1 Å². The van der Waals surface area contributed by atoms with Crippen molar-refractivity contribution in [3.8, 4) is 5.75 Å². The fourth-order valence-corrected chi connectivity index (χ4v) is 2.53. The molecule has 4 heteroatoms. The van der Waals surface area contributed by atoms with Gasteiger partial charge in [0.1, 0.15) is 11.9 Å². The van der Waals surface area contributed by atoms with Crippen LogP contribution in [0.1, 0.15) is 22.0 Å². The molecule has 3 aromatic rings. The van der Waals surface area contributed by atoms with Crippen LogP contribution < -0.4 is 0 Å². The second-order valence-electron chi connectivity index (χ2n) is 5.00. The van der Waals surface area contributed by atoms with Gasteiger partial charge in [-0.3, -0.25) is 4.79 Å². The lowest BCUT2D eigenvalue weighted by Crippen LogP contribution is -2.12. The molecule has 0 heterocycles. The van der Waals surface area contributed by atoms with Crippen LogP contribution in [0.5, 0.6) is 5.75 Å². The lowest BCUT2D eigenvalue weighted by molar-refractivity contribution is 0.0743. The Morgan fingerprint density at radius 1 is 0.955 bits per heavy atom. The van der Waals surface area contributed by atoms with E-state index in [0.29, 0.717) is 16.0 Å². The number of fused-ring (bicyclic) bond motifs is 1. The molecule has 0 fully saturated rings. The van der Waals surface area contributed by atoms with Crippen LogP contribution in [0, 0.1) is 0 Å². The van der Waals surface area contributed by atoms with E-state index >= 15 is 0 Å². The SMILES string of the molecule is O=C(c1ccc(Cl)cc1)[C@H](O)c1ccc2ccccc2c1O.